The smallest absolute Gasteiger partial charge is 0.269 e. The average molecular weight is 419 g/mol. The molecule has 5 N–H and O–H groups in total. The number of halogens is 2. The Labute approximate surface area is 159 Å². The number of nitrogens with one attached hydrogen (secondary N) is 3. The van der Waals surface area contributed by atoms with Crippen molar-refractivity contribution >= 4 is 62.2 Å². The van der Waals surface area contributed by atoms with E-state index in [1.807, 2.05) is 0 Å². The first-order valence-electron chi connectivity index (χ1n) is 6.62. The van der Waals surface area contributed by atoms with E-state index in [0.29, 0.717) is 16.3 Å². The minimum absolute atomic E-state index is 0.0233. The van der Waals surface area contributed by atoms with Gasteiger partial charge in [-0.1, -0.05) is 23.2 Å². The zero-order valence-corrected chi connectivity index (χ0v) is 15.6. The SMILES string of the molecule is NS(=O)(=O)c1ccc(NC(=S)NNC(=O)c2ccc(Cl)c(Cl)c2)cc1. The lowest BCUT2D eigenvalue weighted by molar-refractivity contribution is 0.0944. The van der Waals surface area contributed by atoms with Gasteiger partial charge in [0.1, 0.15) is 0 Å². The van der Waals surface area contributed by atoms with Crippen LogP contribution in [-0.4, -0.2) is 19.4 Å². The van der Waals surface area contributed by atoms with Crippen molar-refractivity contribution in [3.8, 4) is 0 Å². The van der Waals surface area contributed by atoms with Gasteiger partial charge in [-0.05, 0) is 54.7 Å². The van der Waals surface area contributed by atoms with Crippen molar-refractivity contribution in [3.63, 3.8) is 0 Å². The molecule has 0 atom stereocenters. The van der Waals surface area contributed by atoms with Crippen LogP contribution in [0.3, 0.4) is 0 Å². The van der Waals surface area contributed by atoms with Crippen LogP contribution >= 0.6 is 35.4 Å². The molecule has 0 saturated carbocycles. The summed E-state index contributed by atoms with van der Waals surface area (Å²) in [5.74, 6) is -0.465. The van der Waals surface area contributed by atoms with E-state index in [4.69, 9.17) is 40.6 Å². The molecule has 0 unspecified atom stereocenters. The Morgan fingerprint density at radius 3 is 2.20 bits per heavy atom. The number of rotatable bonds is 3. The zero-order chi connectivity index (χ0) is 18.6. The number of carbonyl (C=O) groups is 1. The summed E-state index contributed by atoms with van der Waals surface area (Å²) >= 11 is 16.7. The van der Waals surface area contributed by atoms with Crippen molar-refractivity contribution in [3.05, 3.63) is 58.1 Å². The first-order chi connectivity index (χ1) is 11.7. The molecular weight excluding hydrogens is 407 g/mol. The fraction of sp³-hybridized carbons (Fsp3) is 0. The van der Waals surface area contributed by atoms with Crippen LogP contribution in [0.4, 0.5) is 5.69 Å². The van der Waals surface area contributed by atoms with E-state index >= 15 is 0 Å². The molecule has 7 nitrogen and oxygen atoms in total. The summed E-state index contributed by atoms with van der Waals surface area (Å²) in [6, 6.07) is 10.0. The van der Waals surface area contributed by atoms with Crippen molar-refractivity contribution in [1.82, 2.24) is 10.9 Å². The lowest BCUT2D eigenvalue weighted by atomic mass is 10.2. The van der Waals surface area contributed by atoms with E-state index in [-0.39, 0.29) is 15.0 Å². The second-order valence-corrected chi connectivity index (χ2v) is 7.52. The van der Waals surface area contributed by atoms with Crippen molar-refractivity contribution in [2.75, 3.05) is 5.32 Å². The molecule has 2 aromatic rings. The zero-order valence-electron chi connectivity index (χ0n) is 12.4. The lowest BCUT2D eigenvalue weighted by Crippen LogP contribution is -2.43. The van der Waals surface area contributed by atoms with Gasteiger partial charge in [-0.25, -0.2) is 13.6 Å². The first-order valence-corrected chi connectivity index (χ1v) is 9.33. The highest BCUT2D eigenvalue weighted by Crippen LogP contribution is 2.22. The normalized spacial score (nSPS) is 10.8. The number of amides is 1. The molecule has 1 amide bonds. The van der Waals surface area contributed by atoms with Crippen LogP contribution in [0.5, 0.6) is 0 Å². The maximum atomic E-state index is 12.0. The number of hydrazine groups is 1. The summed E-state index contributed by atoms with van der Waals surface area (Å²) < 4.78 is 22.4. The Balaban J connectivity index is 1.92. The molecule has 0 heterocycles. The van der Waals surface area contributed by atoms with Gasteiger partial charge in [0.25, 0.3) is 5.91 Å². The minimum Gasteiger partial charge on any atom is -0.331 e. The molecule has 2 rings (SSSR count). The average Bonchev–Trinajstić information content (AvgIpc) is 2.55. The third-order valence-corrected chi connectivity index (χ3v) is 4.78. The quantitative estimate of drug-likeness (QED) is 0.449. The maximum absolute atomic E-state index is 12.0. The molecule has 0 radical (unpaired) electrons. The number of hydrogen-bond acceptors (Lipinski definition) is 4. The van der Waals surface area contributed by atoms with Gasteiger partial charge in [0.05, 0.1) is 14.9 Å². The maximum Gasteiger partial charge on any atom is 0.269 e. The molecule has 0 aliphatic heterocycles. The Morgan fingerprint density at radius 1 is 1.00 bits per heavy atom. The highest BCUT2D eigenvalue weighted by molar-refractivity contribution is 7.89. The molecule has 0 aromatic heterocycles. The molecule has 0 fully saturated rings. The third-order valence-electron chi connectivity index (χ3n) is 2.91. The largest absolute Gasteiger partial charge is 0.331 e. The molecule has 2 aromatic carbocycles. The molecule has 0 aliphatic carbocycles. The number of benzene rings is 2. The summed E-state index contributed by atoms with van der Waals surface area (Å²) in [6.45, 7) is 0. The number of anilines is 1. The summed E-state index contributed by atoms with van der Waals surface area (Å²) in [5, 5.41) is 8.47. The number of nitrogens with two attached hydrogens (primary N) is 1. The van der Waals surface area contributed by atoms with Crippen LogP contribution in [0.2, 0.25) is 10.0 Å². The lowest BCUT2D eigenvalue weighted by Gasteiger charge is -2.12. The number of carbonyl (C=O) groups excluding carboxylic acids is 1. The van der Waals surface area contributed by atoms with Gasteiger partial charge in [0, 0.05) is 11.3 Å². The Hall–Kier alpha value is -1.91. The van der Waals surface area contributed by atoms with Crippen LogP contribution in [0.25, 0.3) is 0 Å². The number of sulfonamides is 1. The van der Waals surface area contributed by atoms with Gasteiger partial charge in [-0.3, -0.25) is 15.6 Å². The Morgan fingerprint density at radius 2 is 1.64 bits per heavy atom. The van der Waals surface area contributed by atoms with Crippen LogP contribution < -0.4 is 21.3 Å². The number of thiocarbonyl (C=S) groups is 1. The molecule has 25 heavy (non-hydrogen) atoms. The summed E-state index contributed by atoms with van der Waals surface area (Å²) in [5.41, 5.74) is 5.70. The second-order valence-electron chi connectivity index (χ2n) is 4.73. The third kappa shape index (κ3) is 5.55. The number of hydrogen-bond donors (Lipinski definition) is 4. The molecule has 132 valence electrons. The van der Waals surface area contributed by atoms with E-state index in [1.165, 1.54) is 42.5 Å². The molecule has 0 bridgehead atoms. The number of primary sulfonamides is 1. The molecule has 11 heteroatoms. The Bertz CT molecular complexity index is 918. The fourth-order valence-electron chi connectivity index (χ4n) is 1.71. The van der Waals surface area contributed by atoms with Crippen molar-refractivity contribution in [1.29, 1.82) is 0 Å². The van der Waals surface area contributed by atoms with Crippen molar-refractivity contribution in [2.45, 2.75) is 4.90 Å². The molecule has 0 aliphatic rings. The van der Waals surface area contributed by atoms with Gasteiger partial charge in [0.2, 0.25) is 10.0 Å². The van der Waals surface area contributed by atoms with Crippen LogP contribution in [0.15, 0.2) is 47.4 Å². The van der Waals surface area contributed by atoms with Crippen molar-refractivity contribution < 1.29 is 13.2 Å². The standard InChI is InChI=1S/C14H12Cl2N4O3S2/c15-11-6-1-8(7-12(11)16)13(21)19-20-14(24)18-9-2-4-10(5-3-9)25(17,22)23/h1-7H,(H,19,21)(H2,17,22,23)(H2,18,20,24). The molecule has 0 spiro atoms. The fourth-order valence-corrected chi connectivity index (χ4v) is 2.70. The monoisotopic (exact) mass is 418 g/mol. The van der Waals surface area contributed by atoms with E-state index in [9.17, 15) is 13.2 Å². The molecule has 0 saturated heterocycles. The topological polar surface area (TPSA) is 113 Å². The van der Waals surface area contributed by atoms with E-state index in [0.717, 1.165) is 0 Å². The van der Waals surface area contributed by atoms with E-state index < -0.39 is 15.9 Å². The van der Waals surface area contributed by atoms with Crippen LogP contribution in [0, 0.1) is 0 Å². The van der Waals surface area contributed by atoms with Gasteiger partial charge in [-0.2, -0.15) is 0 Å². The highest BCUT2D eigenvalue weighted by Gasteiger charge is 2.09. The summed E-state index contributed by atoms with van der Waals surface area (Å²) in [6.07, 6.45) is 0. The summed E-state index contributed by atoms with van der Waals surface area (Å²) in [4.78, 5) is 12.0. The molecular formula is C14H12Cl2N4O3S2. The van der Waals surface area contributed by atoms with Gasteiger partial charge in [0.15, 0.2) is 5.11 Å². The van der Waals surface area contributed by atoms with Gasteiger partial charge in [-0.15, -0.1) is 0 Å². The Kier molecular flexibility index (Phi) is 6.20. The predicted molar refractivity (Wildman–Crippen MR) is 101 cm³/mol. The first kappa shape index (κ1) is 19.4. The van der Waals surface area contributed by atoms with Gasteiger partial charge < -0.3 is 5.32 Å². The van der Waals surface area contributed by atoms with Gasteiger partial charge >= 0.3 is 0 Å². The summed E-state index contributed by atoms with van der Waals surface area (Å²) in [7, 11) is -3.76. The van der Waals surface area contributed by atoms with E-state index in [1.54, 1.807) is 0 Å². The van der Waals surface area contributed by atoms with Crippen LogP contribution in [-0.2, 0) is 10.0 Å². The highest BCUT2D eigenvalue weighted by atomic mass is 35.5. The van der Waals surface area contributed by atoms with Crippen molar-refractivity contribution in [2.24, 2.45) is 5.14 Å². The second kappa shape index (κ2) is 7.98. The van der Waals surface area contributed by atoms with E-state index in [2.05, 4.69) is 16.2 Å². The predicted octanol–water partition coefficient (Wildman–Crippen LogP) is 2.27. The minimum atomic E-state index is -3.76. The van der Waals surface area contributed by atoms with Crippen LogP contribution in [0.1, 0.15) is 10.4 Å².